The van der Waals surface area contributed by atoms with Crippen LogP contribution in [0.1, 0.15) is 46.6 Å². The highest BCUT2D eigenvalue weighted by Gasteiger charge is 2.45. The molecule has 1 aromatic rings. The van der Waals surface area contributed by atoms with Gasteiger partial charge in [-0.2, -0.15) is 0 Å². The van der Waals surface area contributed by atoms with Crippen molar-refractivity contribution < 1.29 is 19.4 Å². The van der Waals surface area contributed by atoms with Gasteiger partial charge >= 0.3 is 6.09 Å². The fraction of sp³-hybridized carbons (Fsp3) is 0.611. The Hall–Kier alpha value is -1.75. The minimum absolute atomic E-state index is 0.0198. The molecule has 2 rings (SSSR count). The fourth-order valence-corrected chi connectivity index (χ4v) is 2.77. The van der Waals surface area contributed by atoms with Gasteiger partial charge in [-0.25, -0.2) is 4.79 Å². The van der Waals surface area contributed by atoms with E-state index in [1.165, 1.54) is 0 Å². The first-order valence-corrected chi connectivity index (χ1v) is 8.03. The van der Waals surface area contributed by atoms with Crippen molar-refractivity contribution in [3.8, 4) is 5.75 Å². The normalized spacial score (nSPS) is 20.6. The quantitative estimate of drug-likeness (QED) is 0.922. The maximum absolute atomic E-state index is 12.5. The Kier molecular flexibility index (Phi) is 4.90. The Morgan fingerprint density at radius 2 is 1.96 bits per heavy atom. The van der Waals surface area contributed by atoms with E-state index >= 15 is 0 Å². The van der Waals surface area contributed by atoms with Gasteiger partial charge in [-0.3, -0.25) is 4.90 Å². The zero-order valence-corrected chi connectivity index (χ0v) is 14.6. The zero-order valence-electron chi connectivity index (χ0n) is 14.6. The van der Waals surface area contributed by atoms with Crippen molar-refractivity contribution in [2.45, 2.75) is 64.8 Å². The predicted octanol–water partition coefficient (Wildman–Crippen LogP) is 3.70. The number of aryl methyl sites for hydroxylation is 1. The summed E-state index contributed by atoms with van der Waals surface area (Å²) >= 11 is 0. The molecule has 23 heavy (non-hydrogen) atoms. The number of phenols is 1. The molecule has 1 fully saturated rings. The van der Waals surface area contributed by atoms with Crippen LogP contribution in [-0.4, -0.2) is 40.1 Å². The maximum atomic E-state index is 12.5. The number of nitrogens with zero attached hydrogens (tertiary/aromatic N) is 1. The SMILES string of the molecule is CC(C)(C)OC(=O)N1[C@@H](CCc2ccc(O)cc2)COC1(C)C. The molecule has 1 saturated heterocycles. The number of hydrogen-bond donors (Lipinski definition) is 1. The van der Waals surface area contributed by atoms with Crippen molar-refractivity contribution in [3.05, 3.63) is 29.8 Å². The van der Waals surface area contributed by atoms with Crippen molar-refractivity contribution in [2.24, 2.45) is 0 Å². The molecule has 1 aliphatic rings. The van der Waals surface area contributed by atoms with Gasteiger partial charge in [0.05, 0.1) is 12.6 Å². The van der Waals surface area contributed by atoms with Crippen LogP contribution in [0.15, 0.2) is 24.3 Å². The Labute approximate surface area is 138 Å². The summed E-state index contributed by atoms with van der Waals surface area (Å²) in [5, 5.41) is 9.34. The monoisotopic (exact) mass is 321 g/mol. The first kappa shape index (κ1) is 17.6. The van der Waals surface area contributed by atoms with Crippen LogP contribution < -0.4 is 0 Å². The number of carbonyl (C=O) groups excluding carboxylic acids is 1. The molecule has 0 saturated carbocycles. The summed E-state index contributed by atoms with van der Waals surface area (Å²) in [5.41, 5.74) is -0.0733. The molecule has 0 aliphatic carbocycles. The van der Waals surface area contributed by atoms with Gasteiger partial charge in [0, 0.05) is 0 Å². The molecule has 1 atom stereocenters. The van der Waals surface area contributed by atoms with Crippen LogP contribution in [0.3, 0.4) is 0 Å². The van der Waals surface area contributed by atoms with Crippen molar-refractivity contribution >= 4 is 6.09 Å². The lowest BCUT2D eigenvalue weighted by Crippen LogP contribution is -2.49. The van der Waals surface area contributed by atoms with Gasteiger partial charge in [0.15, 0.2) is 0 Å². The third kappa shape index (κ3) is 4.61. The van der Waals surface area contributed by atoms with Crippen LogP contribution in [0, 0.1) is 0 Å². The number of hydrogen-bond acceptors (Lipinski definition) is 4. The average molecular weight is 321 g/mol. The lowest BCUT2D eigenvalue weighted by Gasteiger charge is -2.35. The second kappa shape index (κ2) is 6.40. The molecule has 0 radical (unpaired) electrons. The molecule has 1 amide bonds. The second-order valence-corrected chi connectivity index (χ2v) is 7.47. The van der Waals surface area contributed by atoms with Crippen LogP contribution in [0.4, 0.5) is 4.79 Å². The number of ether oxygens (including phenoxy) is 2. The van der Waals surface area contributed by atoms with Crippen molar-refractivity contribution in [1.82, 2.24) is 4.90 Å². The molecule has 5 nitrogen and oxygen atoms in total. The number of amides is 1. The molecule has 1 aliphatic heterocycles. The fourth-order valence-electron chi connectivity index (χ4n) is 2.77. The molecule has 0 aromatic heterocycles. The number of rotatable bonds is 3. The van der Waals surface area contributed by atoms with Gasteiger partial charge in [-0.05, 0) is 65.2 Å². The first-order valence-electron chi connectivity index (χ1n) is 8.03. The third-order valence-corrected chi connectivity index (χ3v) is 3.87. The molecule has 0 unspecified atom stereocenters. The molecule has 0 bridgehead atoms. The van der Waals surface area contributed by atoms with E-state index < -0.39 is 11.3 Å². The van der Waals surface area contributed by atoms with Gasteiger partial charge in [-0.1, -0.05) is 12.1 Å². The van der Waals surface area contributed by atoms with Gasteiger partial charge in [-0.15, -0.1) is 0 Å². The van der Waals surface area contributed by atoms with Crippen LogP contribution >= 0.6 is 0 Å². The standard InChI is InChI=1S/C18H27NO4/c1-17(2,3)23-16(21)19-14(12-22-18(19,4)5)9-6-13-7-10-15(20)11-8-13/h7-8,10-11,14,20H,6,9,12H2,1-5H3/t14-/m0/s1. The Morgan fingerprint density at radius 3 is 2.52 bits per heavy atom. The Bertz CT molecular complexity index is 545. The molecule has 128 valence electrons. The summed E-state index contributed by atoms with van der Waals surface area (Å²) in [6, 6.07) is 7.13. The van der Waals surface area contributed by atoms with E-state index in [9.17, 15) is 9.90 Å². The van der Waals surface area contributed by atoms with Crippen LogP contribution in [0.5, 0.6) is 5.75 Å². The highest BCUT2D eigenvalue weighted by Crippen LogP contribution is 2.31. The molecular weight excluding hydrogens is 294 g/mol. The highest BCUT2D eigenvalue weighted by molar-refractivity contribution is 5.69. The van der Waals surface area contributed by atoms with E-state index in [2.05, 4.69) is 0 Å². The molecule has 0 spiro atoms. The molecule has 1 heterocycles. The Balaban J connectivity index is 2.04. The zero-order chi connectivity index (χ0) is 17.3. The summed E-state index contributed by atoms with van der Waals surface area (Å²) in [4.78, 5) is 14.2. The molecule has 5 heteroatoms. The Morgan fingerprint density at radius 1 is 1.35 bits per heavy atom. The van der Waals surface area contributed by atoms with E-state index in [1.54, 1.807) is 17.0 Å². The molecule has 1 aromatic carbocycles. The molecular formula is C18H27NO4. The van der Waals surface area contributed by atoms with Crippen LogP contribution in [0.25, 0.3) is 0 Å². The number of carbonyl (C=O) groups is 1. The second-order valence-electron chi connectivity index (χ2n) is 7.47. The lowest BCUT2D eigenvalue weighted by atomic mass is 10.0. The van der Waals surface area contributed by atoms with E-state index in [4.69, 9.17) is 9.47 Å². The first-order chi connectivity index (χ1) is 10.6. The highest BCUT2D eigenvalue weighted by atomic mass is 16.6. The minimum Gasteiger partial charge on any atom is -0.508 e. The largest absolute Gasteiger partial charge is 0.508 e. The van der Waals surface area contributed by atoms with E-state index in [0.29, 0.717) is 6.61 Å². The maximum Gasteiger partial charge on any atom is 0.412 e. The van der Waals surface area contributed by atoms with E-state index in [1.807, 2.05) is 46.8 Å². The number of benzene rings is 1. The van der Waals surface area contributed by atoms with Gasteiger partial charge < -0.3 is 14.6 Å². The van der Waals surface area contributed by atoms with Gasteiger partial charge in [0.25, 0.3) is 0 Å². The third-order valence-electron chi connectivity index (χ3n) is 3.87. The summed E-state index contributed by atoms with van der Waals surface area (Å²) in [5.74, 6) is 0.259. The minimum atomic E-state index is -0.665. The van der Waals surface area contributed by atoms with Crippen LogP contribution in [0.2, 0.25) is 0 Å². The van der Waals surface area contributed by atoms with E-state index in [0.717, 1.165) is 18.4 Å². The summed E-state index contributed by atoms with van der Waals surface area (Å²) in [6.45, 7) is 9.86. The summed E-state index contributed by atoms with van der Waals surface area (Å²) in [7, 11) is 0. The van der Waals surface area contributed by atoms with Crippen molar-refractivity contribution in [1.29, 1.82) is 0 Å². The van der Waals surface area contributed by atoms with Crippen molar-refractivity contribution in [3.63, 3.8) is 0 Å². The summed E-state index contributed by atoms with van der Waals surface area (Å²) < 4.78 is 11.3. The number of phenolic OH excluding ortho intramolecular Hbond substituents is 1. The smallest absolute Gasteiger partial charge is 0.412 e. The topological polar surface area (TPSA) is 59.0 Å². The van der Waals surface area contributed by atoms with Crippen LogP contribution in [-0.2, 0) is 15.9 Å². The lowest BCUT2D eigenvalue weighted by molar-refractivity contribution is -0.0626. The number of aromatic hydroxyl groups is 1. The van der Waals surface area contributed by atoms with Crippen molar-refractivity contribution in [2.75, 3.05) is 6.61 Å². The predicted molar refractivity (Wildman–Crippen MR) is 88.3 cm³/mol. The average Bonchev–Trinajstić information content (AvgIpc) is 2.71. The summed E-state index contributed by atoms with van der Waals surface area (Å²) in [6.07, 6.45) is 1.26. The molecule has 1 N–H and O–H groups in total. The van der Waals surface area contributed by atoms with Gasteiger partial charge in [0.1, 0.15) is 17.1 Å². The van der Waals surface area contributed by atoms with Gasteiger partial charge in [0.2, 0.25) is 0 Å². The van der Waals surface area contributed by atoms with E-state index in [-0.39, 0.29) is 17.9 Å².